The summed E-state index contributed by atoms with van der Waals surface area (Å²) in [5.41, 5.74) is 0.663. The predicted octanol–water partition coefficient (Wildman–Crippen LogP) is 3.87. The zero-order valence-corrected chi connectivity index (χ0v) is 25.9. The number of nitrogens with one attached hydrogen (secondary N) is 1. The number of rotatable bonds is 12. The third-order valence-electron chi connectivity index (χ3n) is 9.39. The van der Waals surface area contributed by atoms with Gasteiger partial charge in [0, 0.05) is 37.9 Å². The van der Waals surface area contributed by atoms with Crippen LogP contribution < -0.4 is 10.1 Å². The molecule has 220 valence electrons. The van der Waals surface area contributed by atoms with Crippen LogP contribution >= 0.6 is 22.6 Å². The van der Waals surface area contributed by atoms with Crippen molar-refractivity contribution in [1.29, 1.82) is 0 Å². The Bertz CT molecular complexity index is 1120. The van der Waals surface area contributed by atoms with Crippen molar-refractivity contribution in [3.8, 4) is 5.75 Å². The van der Waals surface area contributed by atoms with Gasteiger partial charge in [-0.1, -0.05) is 26.0 Å². The van der Waals surface area contributed by atoms with Crippen molar-refractivity contribution in [2.75, 3.05) is 19.7 Å². The van der Waals surface area contributed by atoms with Gasteiger partial charge in [0.25, 0.3) is 0 Å². The molecule has 3 saturated carbocycles. The summed E-state index contributed by atoms with van der Waals surface area (Å²) in [7, 11) is 0. The first kappa shape index (κ1) is 31.0. The third-order valence-corrected chi connectivity index (χ3v) is 10.3. The molecule has 0 spiro atoms. The van der Waals surface area contributed by atoms with Gasteiger partial charge in [-0.15, -0.1) is 0 Å². The highest BCUT2D eigenvalue weighted by atomic mass is 127. The molecular formula is C31H43IN2O6. The number of Topliss-reactive ketones (excluding diaryl/α,β-unsaturated/α-hetero) is 1. The molecule has 9 heteroatoms. The van der Waals surface area contributed by atoms with Crippen LogP contribution in [0.25, 0.3) is 0 Å². The molecule has 8 nitrogen and oxygen atoms in total. The number of carbonyl (C=O) groups excluding carboxylic acids is 3. The maximum absolute atomic E-state index is 13.8. The summed E-state index contributed by atoms with van der Waals surface area (Å²) >= 11 is 2.17. The maximum Gasteiger partial charge on any atom is 0.247 e. The number of halogens is 1. The number of carbonyl (C=O) groups is 3. The number of ketones is 1. The number of hydrogen-bond donors (Lipinski definition) is 3. The molecule has 0 heterocycles. The molecule has 6 atom stereocenters. The molecule has 1 aromatic rings. The van der Waals surface area contributed by atoms with Gasteiger partial charge in [-0.05, 0) is 96.6 Å². The second kappa shape index (κ2) is 13.3. The molecule has 40 heavy (non-hydrogen) atoms. The highest BCUT2D eigenvalue weighted by Gasteiger charge is 2.55. The van der Waals surface area contributed by atoms with E-state index in [1.807, 2.05) is 24.3 Å². The number of aliphatic hydroxyl groups is 2. The fourth-order valence-corrected chi connectivity index (χ4v) is 7.47. The van der Waals surface area contributed by atoms with E-state index >= 15 is 0 Å². The lowest BCUT2D eigenvalue weighted by molar-refractivity contribution is -0.148. The number of hydrogen-bond acceptors (Lipinski definition) is 6. The summed E-state index contributed by atoms with van der Waals surface area (Å²) in [5.74, 6) is 1.75. The molecule has 1 aromatic carbocycles. The van der Waals surface area contributed by atoms with Gasteiger partial charge in [-0.2, -0.15) is 0 Å². The number of aliphatic hydroxyl groups excluding tert-OH is 2. The Kier molecular flexibility index (Phi) is 10.3. The Morgan fingerprint density at radius 1 is 1.18 bits per heavy atom. The molecule has 3 fully saturated rings. The summed E-state index contributed by atoms with van der Waals surface area (Å²) in [6, 6.07) is 6.82. The van der Waals surface area contributed by atoms with E-state index in [0.29, 0.717) is 42.5 Å². The van der Waals surface area contributed by atoms with Crippen LogP contribution in [0.3, 0.4) is 0 Å². The normalized spacial score (nSPS) is 28.6. The van der Waals surface area contributed by atoms with Gasteiger partial charge in [-0.25, -0.2) is 0 Å². The van der Waals surface area contributed by atoms with Crippen LogP contribution in [0.5, 0.6) is 5.75 Å². The summed E-state index contributed by atoms with van der Waals surface area (Å²) in [6.45, 7) is 6.61. The Hall–Kier alpha value is -1.98. The van der Waals surface area contributed by atoms with E-state index in [0.717, 1.165) is 22.3 Å². The minimum absolute atomic E-state index is 0.0447. The predicted molar refractivity (Wildman–Crippen MR) is 161 cm³/mol. The molecule has 0 aliphatic heterocycles. The van der Waals surface area contributed by atoms with Crippen LogP contribution in [0.15, 0.2) is 35.9 Å². The zero-order chi connectivity index (χ0) is 29.0. The topological polar surface area (TPSA) is 116 Å². The number of nitrogens with zero attached hydrogens (tertiary/aromatic N) is 1. The van der Waals surface area contributed by atoms with Crippen molar-refractivity contribution in [2.45, 2.75) is 84.0 Å². The first-order valence-electron chi connectivity index (χ1n) is 14.5. The molecule has 0 unspecified atom stereocenters. The minimum atomic E-state index is -1.05. The quantitative estimate of drug-likeness (QED) is 0.292. The molecule has 0 aromatic heterocycles. The van der Waals surface area contributed by atoms with E-state index in [4.69, 9.17) is 4.74 Å². The maximum atomic E-state index is 13.8. The highest BCUT2D eigenvalue weighted by Crippen LogP contribution is 2.61. The molecule has 5 rings (SSSR count). The van der Waals surface area contributed by atoms with Gasteiger partial charge < -0.3 is 30.0 Å². The third kappa shape index (κ3) is 6.90. The Morgan fingerprint density at radius 3 is 2.58 bits per heavy atom. The molecule has 3 N–H and O–H groups in total. The Labute approximate surface area is 251 Å². The van der Waals surface area contributed by atoms with Crippen molar-refractivity contribution in [1.82, 2.24) is 10.2 Å². The second-order valence-corrected chi connectivity index (χ2v) is 13.4. The minimum Gasteiger partial charge on any atom is -0.482 e. The first-order valence-corrected chi connectivity index (χ1v) is 15.6. The van der Waals surface area contributed by atoms with Gasteiger partial charge in [0.05, 0.1) is 16.2 Å². The highest BCUT2D eigenvalue weighted by molar-refractivity contribution is 14.1. The van der Waals surface area contributed by atoms with Gasteiger partial charge in [0.1, 0.15) is 23.7 Å². The fraction of sp³-hybridized carbons (Fsp3) is 0.645. The molecule has 2 bridgehead atoms. The van der Waals surface area contributed by atoms with Gasteiger partial charge in [0.2, 0.25) is 11.8 Å². The van der Waals surface area contributed by atoms with Crippen LogP contribution in [-0.4, -0.2) is 70.7 Å². The summed E-state index contributed by atoms with van der Waals surface area (Å²) in [4.78, 5) is 40.3. The van der Waals surface area contributed by atoms with Crippen LogP contribution in [-0.2, 0) is 14.4 Å². The fourth-order valence-electron chi connectivity index (χ4n) is 6.95. The van der Waals surface area contributed by atoms with Crippen LogP contribution in [0.4, 0.5) is 0 Å². The molecule has 2 amide bonds. The van der Waals surface area contributed by atoms with E-state index in [-0.39, 0.29) is 49.0 Å². The summed E-state index contributed by atoms with van der Waals surface area (Å²) in [6.07, 6.45) is 4.30. The van der Waals surface area contributed by atoms with E-state index in [1.54, 1.807) is 11.0 Å². The Balaban J connectivity index is 1.63. The number of para-hydroxylation sites is 1. The van der Waals surface area contributed by atoms with E-state index < -0.39 is 18.2 Å². The largest absolute Gasteiger partial charge is 0.482 e. The second-order valence-electron chi connectivity index (χ2n) is 12.2. The van der Waals surface area contributed by atoms with Crippen molar-refractivity contribution in [3.63, 3.8) is 0 Å². The molecule has 4 aliphatic carbocycles. The van der Waals surface area contributed by atoms with Gasteiger partial charge in [0.15, 0.2) is 0 Å². The molecule has 4 aliphatic rings. The van der Waals surface area contributed by atoms with Crippen LogP contribution in [0.1, 0.15) is 65.7 Å². The average Bonchev–Trinajstić information content (AvgIpc) is 2.92. The monoisotopic (exact) mass is 666 g/mol. The van der Waals surface area contributed by atoms with Crippen molar-refractivity contribution < 1.29 is 29.3 Å². The van der Waals surface area contributed by atoms with Gasteiger partial charge >= 0.3 is 0 Å². The number of fused-ring (bicyclic) bond motifs is 2. The Morgan fingerprint density at radius 2 is 1.93 bits per heavy atom. The molecule has 0 radical (unpaired) electrons. The average molecular weight is 667 g/mol. The van der Waals surface area contributed by atoms with Crippen LogP contribution in [0, 0.1) is 26.7 Å². The van der Waals surface area contributed by atoms with E-state index in [1.165, 1.54) is 13.3 Å². The summed E-state index contributed by atoms with van der Waals surface area (Å²) < 4.78 is 7.13. The number of ether oxygens (including phenoxy) is 1. The van der Waals surface area contributed by atoms with Crippen molar-refractivity contribution in [2.24, 2.45) is 23.2 Å². The van der Waals surface area contributed by atoms with Crippen molar-refractivity contribution >= 4 is 40.2 Å². The molecule has 0 saturated heterocycles. The lowest BCUT2D eigenvalue weighted by Crippen LogP contribution is -2.59. The first-order chi connectivity index (χ1) is 19.0. The smallest absolute Gasteiger partial charge is 0.247 e. The van der Waals surface area contributed by atoms with E-state index in [2.05, 4.69) is 41.8 Å². The lowest BCUT2D eigenvalue weighted by atomic mass is 9.45. The SMILES string of the molecule is CC(=O)CCCC(=O)N(C[C@@H]1CC[C@H]2C[C@@H]1C2(C)C)[C@@H]1CC(C(=O)NCCO)=C[C@H](Oc2ccccc2I)[C@H]1O. The zero-order valence-electron chi connectivity index (χ0n) is 23.8. The van der Waals surface area contributed by atoms with Crippen molar-refractivity contribution in [3.05, 3.63) is 39.5 Å². The van der Waals surface area contributed by atoms with Gasteiger partial charge in [-0.3, -0.25) is 9.59 Å². The van der Waals surface area contributed by atoms with E-state index in [9.17, 15) is 24.6 Å². The summed E-state index contributed by atoms with van der Waals surface area (Å²) in [5, 5.41) is 23.7. The lowest BCUT2D eigenvalue weighted by Gasteiger charge is -2.61. The van der Waals surface area contributed by atoms with Crippen LogP contribution in [0.2, 0.25) is 0 Å². The number of amides is 2. The molecular weight excluding hydrogens is 623 g/mol. The standard InChI is InChI=1S/C31H43IN2O6/c1-19(36)7-6-10-28(37)34(18-20-11-12-22-17-23(20)31(22,2)3)25-15-21(30(39)33-13-14-35)16-27(29(25)38)40-26-9-5-4-8-24(26)32/h4-5,8-9,16,20,22-23,25,27,29,35,38H,6-7,10-15,17-18H2,1-3H3,(H,33,39)/t20-,22-,23-,25+,27-,29-/m0/s1. The number of benzene rings is 1.